The maximum atomic E-state index is 12.9. The second-order valence-electron chi connectivity index (χ2n) is 5.42. The van der Waals surface area contributed by atoms with Gasteiger partial charge >= 0.3 is 0 Å². The van der Waals surface area contributed by atoms with Crippen molar-refractivity contribution in [3.63, 3.8) is 0 Å². The van der Waals surface area contributed by atoms with Crippen molar-refractivity contribution in [2.75, 3.05) is 33.2 Å². The standard InChI is InChI=1S/C15H23FN2.ClH/c1-12(14-3-5-15(16)6-4-14)10-18-8-7-13(11-18)9-17-2;/h3-6,12-13,17H,7-11H2,1-2H3;1H. The van der Waals surface area contributed by atoms with Crippen molar-refractivity contribution in [3.05, 3.63) is 35.6 Å². The SMILES string of the molecule is CNCC1CCN(CC(C)c2ccc(F)cc2)C1.Cl. The topological polar surface area (TPSA) is 15.3 Å². The van der Waals surface area contributed by atoms with E-state index in [9.17, 15) is 4.39 Å². The highest BCUT2D eigenvalue weighted by Crippen LogP contribution is 2.21. The molecule has 0 aromatic heterocycles. The number of hydrogen-bond donors (Lipinski definition) is 1. The summed E-state index contributed by atoms with van der Waals surface area (Å²) in [6.07, 6.45) is 1.29. The molecule has 2 atom stereocenters. The van der Waals surface area contributed by atoms with Crippen LogP contribution in [0, 0.1) is 11.7 Å². The molecule has 0 radical (unpaired) electrons. The molecule has 2 unspecified atom stereocenters. The molecule has 0 spiro atoms. The average molecular weight is 287 g/mol. The molecule has 1 N–H and O–H groups in total. The van der Waals surface area contributed by atoms with Crippen LogP contribution in [0.4, 0.5) is 4.39 Å². The molecular formula is C15H24ClFN2. The van der Waals surface area contributed by atoms with Crippen LogP contribution in [0.5, 0.6) is 0 Å². The van der Waals surface area contributed by atoms with Crippen LogP contribution < -0.4 is 5.32 Å². The van der Waals surface area contributed by atoms with Crippen molar-refractivity contribution in [2.45, 2.75) is 19.3 Å². The number of halogens is 2. The summed E-state index contributed by atoms with van der Waals surface area (Å²) in [4.78, 5) is 2.52. The fourth-order valence-corrected chi connectivity index (χ4v) is 2.82. The summed E-state index contributed by atoms with van der Waals surface area (Å²) < 4.78 is 12.9. The molecule has 1 heterocycles. The first-order chi connectivity index (χ1) is 8.69. The Morgan fingerprint density at radius 3 is 2.68 bits per heavy atom. The molecule has 0 amide bonds. The highest BCUT2D eigenvalue weighted by Gasteiger charge is 2.23. The quantitative estimate of drug-likeness (QED) is 0.895. The molecule has 1 aromatic carbocycles. The Bertz CT molecular complexity index is 369. The van der Waals surface area contributed by atoms with Crippen molar-refractivity contribution in [1.82, 2.24) is 10.2 Å². The van der Waals surface area contributed by atoms with Gasteiger partial charge in [0.2, 0.25) is 0 Å². The molecule has 1 aliphatic heterocycles. The smallest absolute Gasteiger partial charge is 0.123 e. The Morgan fingerprint density at radius 1 is 1.37 bits per heavy atom. The Hall–Kier alpha value is -0.640. The van der Waals surface area contributed by atoms with E-state index in [1.165, 1.54) is 25.1 Å². The third kappa shape index (κ3) is 4.75. The first-order valence-corrected chi connectivity index (χ1v) is 6.81. The summed E-state index contributed by atoms with van der Waals surface area (Å²) in [7, 11) is 2.02. The normalized spacial score (nSPS) is 21.1. The van der Waals surface area contributed by atoms with Gasteiger partial charge in [0.05, 0.1) is 0 Å². The first kappa shape index (κ1) is 16.4. The zero-order valence-electron chi connectivity index (χ0n) is 11.7. The number of nitrogens with zero attached hydrogens (tertiary/aromatic N) is 1. The van der Waals surface area contributed by atoms with Crippen LogP contribution in [0.2, 0.25) is 0 Å². The molecule has 19 heavy (non-hydrogen) atoms. The average Bonchev–Trinajstić information content (AvgIpc) is 2.78. The third-order valence-electron chi connectivity index (χ3n) is 3.83. The van der Waals surface area contributed by atoms with Gasteiger partial charge in [-0.3, -0.25) is 0 Å². The van der Waals surface area contributed by atoms with Gasteiger partial charge in [0.1, 0.15) is 5.82 Å². The Morgan fingerprint density at radius 2 is 2.05 bits per heavy atom. The third-order valence-corrected chi connectivity index (χ3v) is 3.83. The van der Waals surface area contributed by atoms with Gasteiger partial charge in [-0.25, -0.2) is 4.39 Å². The van der Waals surface area contributed by atoms with Crippen LogP contribution in [0.15, 0.2) is 24.3 Å². The van der Waals surface area contributed by atoms with E-state index in [2.05, 4.69) is 17.1 Å². The molecule has 108 valence electrons. The predicted octanol–water partition coefficient (Wildman–Crippen LogP) is 2.89. The largest absolute Gasteiger partial charge is 0.319 e. The van der Waals surface area contributed by atoms with Gasteiger partial charge in [-0.15, -0.1) is 12.4 Å². The van der Waals surface area contributed by atoms with Crippen LogP contribution >= 0.6 is 12.4 Å². The van der Waals surface area contributed by atoms with E-state index in [1.54, 1.807) is 12.1 Å². The van der Waals surface area contributed by atoms with E-state index in [4.69, 9.17) is 0 Å². The van der Waals surface area contributed by atoms with Crippen LogP contribution in [-0.2, 0) is 0 Å². The van der Waals surface area contributed by atoms with Crippen LogP contribution in [0.1, 0.15) is 24.8 Å². The van der Waals surface area contributed by atoms with Crippen molar-refractivity contribution in [1.29, 1.82) is 0 Å². The monoisotopic (exact) mass is 286 g/mol. The summed E-state index contributed by atoms with van der Waals surface area (Å²) in [5.41, 5.74) is 1.23. The maximum Gasteiger partial charge on any atom is 0.123 e. The number of nitrogens with one attached hydrogen (secondary N) is 1. The van der Waals surface area contributed by atoms with Crippen LogP contribution in [0.3, 0.4) is 0 Å². The molecule has 0 bridgehead atoms. The summed E-state index contributed by atoms with van der Waals surface area (Å²) >= 11 is 0. The lowest BCUT2D eigenvalue weighted by Gasteiger charge is -2.21. The minimum absolute atomic E-state index is 0. The molecule has 1 saturated heterocycles. The van der Waals surface area contributed by atoms with E-state index < -0.39 is 0 Å². The zero-order chi connectivity index (χ0) is 13.0. The van der Waals surface area contributed by atoms with Crippen LogP contribution in [0.25, 0.3) is 0 Å². The number of rotatable bonds is 5. The fourth-order valence-electron chi connectivity index (χ4n) is 2.82. The van der Waals surface area contributed by atoms with E-state index in [1.807, 2.05) is 19.2 Å². The highest BCUT2D eigenvalue weighted by atomic mass is 35.5. The van der Waals surface area contributed by atoms with Gasteiger partial charge in [-0.1, -0.05) is 19.1 Å². The van der Waals surface area contributed by atoms with Crippen molar-refractivity contribution >= 4 is 12.4 Å². The van der Waals surface area contributed by atoms with E-state index in [0.29, 0.717) is 5.92 Å². The van der Waals surface area contributed by atoms with Crippen molar-refractivity contribution in [2.24, 2.45) is 5.92 Å². The fraction of sp³-hybridized carbons (Fsp3) is 0.600. The number of benzene rings is 1. The van der Waals surface area contributed by atoms with Crippen LogP contribution in [-0.4, -0.2) is 38.1 Å². The van der Waals surface area contributed by atoms with Gasteiger partial charge in [-0.05, 0) is 56.1 Å². The molecule has 1 aromatic rings. The summed E-state index contributed by atoms with van der Waals surface area (Å²) in [5.74, 6) is 1.11. The van der Waals surface area contributed by atoms with Gasteiger partial charge in [-0.2, -0.15) is 0 Å². The highest BCUT2D eigenvalue weighted by molar-refractivity contribution is 5.85. The zero-order valence-corrected chi connectivity index (χ0v) is 12.5. The number of hydrogen-bond acceptors (Lipinski definition) is 2. The lowest BCUT2D eigenvalue weighted by Crippen LogP contribution is -2.27. The van der Waals surface area contributed by atoms with E-state index in [0.717, 1.165) is 19.0 Å². The minimum Gasteiger partial charge on any atom is -0.319 e. The first-order valence-electron chi connectivity index (χ1n) is 6.81. The molecular weight excluding hydrogens is 263 g/mol. The second kappa shape index (κ2) is 7.83. The molecule has 2 rings (SSSR count). The van der Waals surface area contributed by atoms with Gasteiger partial charge in [0.25, 0.3) is 0 Å². The number of likely N-dealkylation sites (tertiary alicyclic amines) is 1. The summed E-state index contributed by atoms with van der Waals surface area (Å²) in [6, 6.07) is 6.92. The Kier molecular flexibility index (Phi) is 6.76. The molecule has 2 nitrogen and oxygen atoms in total. The molecule has 1 aliphatic rings. The maximum absolute atomic E-state index is 12.9. The predicted molar refractivity (Wildman–Crippen MR) is 80.5 cm³/mol. The van der Waals surface area contributed by atoms with E-state index in [-0.39, 0.29) is 18.2 Å². The molecule has 1 fully saturated rings. The lowest BCUT2D eigenvalue weighted by atomic mass is 10.0. The Labute approximate surface area is 121 Å². The molecule has 0 aliphatic carbocycles. The van der Waals surface area contributed by atoms with Gasteiger partial charge in [0, 0.05) is 13.1 Å². The minimum atomic E-state index is -0.152. The van der Waals surface area contributed by atoms with Gasteiger partial charge < -0.3 is 10.2 Å². The summed E-state index contributed by atoms with van der Waals surface area (Å²) in [5, 5.41) is 3.25. The van der Waals surface area contributed by atoms with Crippen molar-refractivity contribution in [3.8, 4) is 0 Å². The summed E-state index contributed by atoms with van der Waals surface area (Å²) in [6.45, 7) is 6.79. The van der Waals surface area contributed by atoms with Crippen molar-refractivity contribution < 1.29 is 4.39 Å². The lowest BCUT2D eigenvalue weighted by molar-refractivity contribution is 0.306. The molecule has 0 saturated carbocycles. The van der Waals surface area contributed by atoms with E-state index >= 15 is 0 Å². The molecule has 4 heteroatoms. The second-order valence-corrected chi connectivity index (χ2v) is 5.42. The van der Waals surface area contributed by atoms with Gasteiger partial charge in [0.15, 0.2) is 0 Å². The Balaban J connectivity index is 0.00000180.